The second kappa shape index (κ2) is 6.16. The van der Waals surface area contributed by atoms with Crippen LogP contribution in [0.3, 0.4) is 0 Å². The number of nitrogens with two attached hydrogens (primary N) is 1. The molecule has 128 valence electrons. The molecule has 0 aliphatic heterocycles. The molecule has 0 atom stereocenters. The summed E-state index contributed by atoms with van der Waals surface area (Å²) in [5.41, 5.74) is 8.50. The Labute approximate surface area is 159 Å². The van der Waals surface area contributed by atoms with Crippen molar-refractivity contribution in [3.8, 4) is 0 Å². The highest BCUT2D eigenvalue weighted by atomic mass is 35.5. The molecule has 0 saturated heterocycles. The van der Waals surface area contributed by atoms with Gasteiger partial charge in [0.25, 0.3) is 0 Å². The third-order valence-corrected chi connectivity index (χ3v) is 4.86. The third kappa shape index (κ3) is 2.55. The van der Waals surface area contributed by atoms with Gasteiger partial charge in [0.2, 0.25) is 0 Å². The summed E-state index contributed by atoms with van der Waals surface area (Å²) in [6.45, 7) is 0. The van der Waals surface area contributed by atoms with Gasteiger partial charge in [0.15, 0.2) is 11.6 Å². The minimum atomic E-state index is -0.265. The molecular weight excluding hydrogens is 371 g/mol. The molecule has 0 aromatic heterocycles. The Bertz CT molecular complexity index is 1090. The molecule has 0 unspecified atom stereocenters. The fourth-order valence-corrected chi connectivity index (χ4v) is 3.54. The van der Waals surface area contributed by atoms with Crippen molar-refractivity contribution in [2.45, 2.75) is 0 Å². The monoisotopic (exact) mass is 382 g/mol. The van der Waals surface area contributed by atoms with Crippen LogP contribution in [0.5, 0.6) is 0 Å². The van der Waals surface area contributed by atoms with E-state index in [0.717, 1.165) is 0 Å². The maximum absolute atomic E-state index is 13.1. The van der Waals surface area contributed by atoms with Crippen molar-refractivity contribution in [2.24, 2.45) is 0 Å². The predicted molar refractivity (Wildman–Crippen MR) is 104 cm³/mol. The molecule has 0 radical (unpaired) electrons. The zero-order valence-corrected chi connectivity index (χ0v) is 14.9. The van der Waals surface area contributed by atoms with Crippen LogP contribution in [0.2, 0.25) is 10.0 Å². The van der Waals surface area contributed by atoms with Crippen LogP contribution in [-0.2, 0) is 0 Å². The number of carbonyl (C=O) groups excluding carboxylic acids is 2. The molecule has 26 heavy (non-hydrogen) atoms. The standard InChI is InChI=1S/C20H12Cl2N2O2/c21-10-5-7-15(13(22)9-10)24-16-8-6-14(23)17-18(16)20(26)12-4-2-1-3-11(12)19(17)25/h1-9,24H,23H2. The number of nitrogens with one attached hydrogen (secondary N) is 1. The first-order valence-corrected chi connectivity index (χ1v) is 8.56. The van der Waals surface area contributed by atoms with Crippen LogP contribution in [0, 0.1) is 0 Å². The van der Waals surface area contributed by atoms with E-state index in [9.17, 15) is 9.59 Å². The fourth-order valence-electron chi connectivity index (χ4n) is 3.09. The average molecular weight is 383 g/mol. The molecule has 3 aromatic carbocycles. The topological polar surface area (TPSA) is 72.2 Å². The van der Waals surface area contributed by atoms with Crippen molar-refractivity contribution in [3.05, 3.63) is 86.9 Å². The molecule has 4 nitrogen and oxygen atoms in total. The number of halogens is 2. The van der Waals surface area contributed by atoms with Gasteiger partial charge in [-0.1, -0.05) is 47.5 Å². The van der Waals surface area contributed by atoms with Crippen molar-refractivity contribution < 1.29 is 9.59 Å². The lowest BCUT2D eigenvalue weighted by Crippen LogP contribution is -2.23. The van der Waals surface area contributed by atoms with Gasteiger partial charge in [-0.25, -0.2) is 0 Å². The zero-order valence-electron chi connectivity index (χ0n) is 13.3. The van der Waals surface area contributed by atoms with E-state index >= 15 is 0 Å². The minimum Gasteiger partial charge on any atom is -0.398 e. The number of benzene rings is 3. The van der Waals surface area contributed by atoms with Crippen molar-refractivity contribution in [1.29, 1.82) is 0 Å². The Balaban J connectivity index is 1.89. The van der Waals surface area contributed by atoms with E-state index in [0.29, 0.717) is 32.5 Å². The van der Waals surface area contributed by atoms with Crippen molar-refractivity contribution in [2.75, 3.05) is 11.1 Å². The highest BCUT2D eigenvalue weighted by Gasteiger charge is 2.33. The van der Waals surface area contributed by atoms with Gasteiger partial charge in [0.05, 0.1) is 27.5 Å². The summed E-state index contributed by atoms with van der Waals surface area (Å²) in [5.74, 6) is -0.520. The average Bonchev–Trinajstić information content (AvgIpc) is 2.63. The van der Waals surface area contributed by atoms with Crippen LogP contribution < -0.4 is 11.1 Å². The lowest BCUT2D eigenvalue weighted by Gasteiger charge is -2.22. The Kier molecular flexibility index (Phi) is 3.94. The maximum atomic E-state index is 13.1. The molecule has 0 spiro atoms. The largest absolute Gasteiger partial charge is 0.398 e. The van der Waals surface area contributed by atoms with Crippen LogP contribution in [-0.4, -0.2) is 11.6 Å². The Morgan fingerprint density at radius 1 is 0.769 bits per heavy atom. The third-order valence-electron chi connectivity index (χ3n) is 4.31. The van der Waals surface area contributed by atoms with Crippen LogP contribution in [0.4, 0.5) is 17.1 Å². The smallest absolute Gasteiger partial charge is 0.196 e. The first-order chi connectivity index (χ1) is 12.5. The summed E-state index contributed by atoms with van der Waals surface area (Å²) in [6.07, 6.45) is 0. The van der Waals surface area contributed by atoms with Crippen LogP contribution in [0.1, 0.15) is 31.8 Å². The molecule has 0 heterocycles. The number of fused-ring (bicyclic) bond motifs is 2. The Hall–Kier alpha value is -2.82. The van der Waals surface area contributed by atoms with Gasteiger partial charge >= 0.3 is 0 Å². The van der Waals surface area contributed by atoms with Gasteiger partial charge in [-0.2, -0.15) is 0 Å². The highest BCUT2D eigenvalue weighted by molar-refractivity contribution is 6.36. The van der Waals surface area contributed by atoms with Gasteiger partial charge in [0.1, 0.15) is 0 Å². The molecule has 0 amide bonds. The van der Waals surface area contributed by atoms with E-state index in [1.54, 1.807) is 54.6 Å². The SMILES string of the molecule is Nc1ccc(Nc2ccc(Cl)cc2Cl)c2c1C(=O)c1ccccc1C2=O. The summed E-state index contributed by atoms with van der Waals surface area (Å²) in [5, 5.41) is 4.02. The number of carbonyl (C=O) groups is 2. The van der Waals surface area contributed by atoms with Crippen molar-refractivity contribution >= 4 is 51.8 Å². The van der Waals surface area contributed by atoms with E-state index in [1.165, 1.54) is 0 Å². The summed E-state index contributed by atoms with van der Waals surface area (Å²) < 4.78 is 0. The Morgan fingerprint density at radius 3 is 2.04 bits per heavy atom. The van der Waals surface area contributed by atoms with Gasteiger partial charge in [-0.05, 0) is 30.3 Å². The zero-order chi connectivity index (χ0) is 18.4. The van der Waals surface area contributed by atoms with E-state index in [-0.39, 0.29) is 28.4 Å². The lowest BCUT2D eigenvalue weighted by atomic mass is 9.82. The molecular formula is C20H12Cl2N2O2. The lowest BCUT2D eigenvalue weighted by molar-refractivity contribution is 0.0980. The molecule has 0 fully saturated rings. The predicted octanol–water partition coefficient (Wildman–Crippen LogP) is 5.09. The molecule has 1 aliphatic carbocycles. The van der Waals surface area contributed by atoms with E-state index in [1.807, 2.05) is 0 Å². The summed E-state index contributed by atoms with van der Waals surface area (Å²) in [7, 11) is 0. The second-order valence-corrected chi connectivity index (χ2v) is 6.75. The summed E-state index contributed by atoms with van der Waals surface area (Å²) >= 11 is 12.1. The highest BCUT2D eigenvalue weighted by Crippen LogP contribution is 2.37. The number of rotatable bonds is 2. The Morgan fingerprint density at radius 2 is 1.38 bits per heavy atom. The van der Waals surface area contributed by atoms with Crippen LogP contribution in [0.15, 0.2) is 54.6 Å². The second-order valence-electron chi connectivity index (χ2n) is 5.91. The number of hydrogen-bond donors (Lipinski definition) is 2. The number of hydrogen-bond acceptors (Lipinski definition) is 4. The molecule has 3 aromatic rings. The molecule has 0 saturated carbocycles. The quantitative estimate of drug-likeness (QED) is 0.473. The van der Waals surface area contributed by atoms with E-state index < -0.39 is 0 Å². The molecule has 4 rings (SSSR count). The normalized spacial score (nSPS) is 12.5. The first-order valence-electron chi connectivity index (χ1n) is 7.80. The van der Waals surface area contributed by atoms with Gasteiger partial charge in [0, 0.05) is 21.8 Å². The minimum absolute atomic E-state index is 0.212. The van der Waals surface area contributed by atoms with Crippen molar-refractivity contribution in [1.82, 2.24) is 0 Å². The van der Waals surface area contributed by atoms with E-state index in [2.05, 4.69) is 5.32 Å². The van der Waals surface area contributed by atoms with Crippen LogP contribution in [0.25, 0.3) is 0 Å². The fraction of sp³-hybridized carbons (Fsp3) is 0. The summed E-state index contributed by atoms with van der Waals surface area (Å²) in [6, 6.07) is 15.0. The number of anilines is 3. The first kappa shape index (κ1) is 16.6. The van der Waals surface area contributed by atoms with E-state index in [4.69, 9.17) is 28.9 Å². The number of ketones is 2. The molecule has 6 heteroatoms. The molecule has 3 N–H and O–H groups in total. The van der Waals surface area contributed by atoms with Gasteiger partial charge in [-0.3, -0.25) is 9.59 Å². The van der Waals surface area contributed by atoms with Gasteiger partial charge < -0.3 is 11.1 Å². The molecule has 1 aliphatic rings. The van der Waals surface area contributed by atoms with Crippen LogP contribution >= 0.6 is 23.2 Å². The van der Waals surface area contributed by atoms with Gasteiger partial charge in [-0.15, -0.1) is 0 Å². The summed E-state index contributed by atoms with van der Waals surface area (Å²) in [4.78, 5) is 25.9. The maximum Gasteiger partial charge on any atom is 0.196 e. The van der Waals surface area contributed by atoms with Crippen molar-refractivity contribution in [3.63, 3.8) is 0 Å². The molecule has 0 bridgehead atoms. The number of nitrogen functional groups attached to an aromatic ring is 1.